The molecule has 1 atom stereocenters. The van der Waals surface area contributed by atoms with E-state index < -0.39 is 6.10 Å². The third kappa shape index (κ3) is 32.5. The molecule has 0 saturated heterocycles. The second-order valence-corrected chi connectivity index (χ2v) is 11.6. The van der Waals surface area contributed by atoms with E-state index in [4.69, 9.17) is 9.47 Å². The Kier molecular flexibility index (Phi) is 33.2. The van der Waals surface area contributed by atoms with Crippen molar-refractivity contribution in [3.05, 3.63) is 60.8 Å². The first-order valence-corrected chi connectivity index (χ1v) is 17.8. The molecule has 0 fully saturated rings. The molecule has 0 rings (SSSR count). The second kappa shape index (κ2) is 35.1. The molecule has 5 nitrogen and oxygen atoms in total. The number of carbonyl (C=O) groups excluding carboxylic acids is 2. The summed E-state index contributed by atoms with van der Waals surface area (Å²) in [6.07, 6.45) is 44.1. The number of rotatable bonds is 31. The molecule has 0 radical (unpaired) electrons. The monoisotopic (exact) mass is 614 g/mol. The molecule has 252 valence electrons. The molecule has 0 spiro atoms. The Morgan fingerprint density at radius 3 is 1.48 bits per heavy atom. The molecule has 0 heterocycles. The Labute approximate surface area is 271 Å². The highest BCUT2D eigenvalue weighted by molar-refractivity contribution is 5.70. The number of carbonyl (C=O) groups is 2. The molecule has 0 aliphatic carbocycles. The Morgan fingerprint density at radius 2 is 0.977 bits per heavy atom. The van der Waals surface area contributed by atoms with Crippen LogP contribution in [0.2, 0.25) is 0 Å². The minimum Gasteiger partial charge on any atom is -0.462 e. The summed E-state index contributed by atoms with van der Waals surface area (Å²) in [6.45, 7) is 3.95. The van der Waals surface area contributed by atoms with Crippen molar-refractivity contribution >= 4 is 11.9 Å². The average molecular weight is 615 g/mol. The van der Waals surface area contributed by atoms with Gasteiger partial charge in [0, 0.05) is 12.8 Å². The number of esters is 2. The van der Waals surface area contributed by atoms with Crippen molar-refractivity contribution in [1.82, 2.24) is 0 Å². The normalized spacial score (nSPS) is 12.9. The topological polar surface area (TPSA) is 72.8 Å². The molecule has 44 heavy (non-hydrogen) atoms. The van der Waals surface area contributed by atoms with Crippen molar-refractivity contribution in [2.75, 3.05) is 13.2 Å². The summed E-state index contributed by atoms with van der Waals surface area (Å²) in [5, 5.41) is 9.52. The van der Waals surface area contributed by atoms with Crippen molar-refractivity contribution in [2.24, 2.45) is 0 Å². The first kappa shape index (κ1) is 41.6. The Morgan fingerprint density at radius 1 is 0.545 bits per heavy atom. The van der Waals surface area contributed by atoms with Gasteiger partial charge < -0.3 is 14.6 Å². The predicted octanol–water partition coefficient (Wildman–Crippen LogP) is 10.8. The maximum Gasteiger partial charge on any atom is 0.306 e. The maximum absolute atomic E-state index is 12.1. The predicted molar refractivity (Wildman–Crippen MR) is 187 cm³/mol. The number of aliphatic hydroxyl groups excluding tert-OH is 1. The number of unbranched alkanes of at least 4 members (excludes halogenated alkanes) is 13. The summed E-state index contributed by atoms with van der Waals surface area (Å²) in [7, 11) is 0. The largest absolute Gasteiger partial charge is 0.462 e. The van der Waals surface area contributed by atoms with Crippen LogP contribution in [0.15, 0.2) is 60.8 Å². The summed E-state index contributed by atoms with van der Waals surface area (Å²) in [5.74, 6) is -0.633. The van der Waals surface area contributed by atoms with Crippen molar-refractivity contribution in [2.45, 2.75) is 161 Å². The molecule has 0 aliphatic rings. The maximum atomic E-state index is 12.1. The third-order valence-corrected chi connectivity index (χ3v) is 7.30. The fourth-order valence-corrected chi connectivity index (χ4v) is 4.60. The van der Waals surface area contributed by atoms with Crippen molar-refractivity contribution < 1.29 is 24.2 Å². The molecule has 0 aromatic heterocycles. The van der Waals surface area contributed by atoms with Gasteiger partial charge in [-0.15, -0.1) is 0 Å². The van der Waals surface area contributed by atoms with Gasteiger partial charge in [-0.25, -0.2) is 0 Å². The highest BCUT2D eigenvalue weighted by Crippen LogP contribution is 2.11. The van der Waals surface area contributed by atoms with Gasteiger partial charge in [0.25, 0.3) is 0 Å². The molecular weight excluding hydrogens is 548 g/mol. The van der Waals surface area contributed by atoms with Crippen molar-refractivity contribution in [3.63, 3.8) is 0 Å². The smallest absolute Gasteiger partial charge is 0.306 e. The van der Waals surface area contributed by atoms with Crippen LogP contribution < -0.4 is 0 Å². The summed E-state index contributed by atoms with van der Waals surface area (Å²) in [6, 6.07) is 0. The Hall–Kier alpha value is -2.40. The zero-order chi connectivity index (χ0) is 32.2. The van der Waals surface area contributed by atoms with E-state index in [9.17, 15) is 14.7 Å². The second-order valence-electron chi connectivity index (χ2n) is 11.6. The standard InChI is InChI=1S/C39H66O5/c1-3-5-7-9-11-13-15-17-19-21-23-25-27-29-31-33-38(41)43-36-37(35-40)44-39(42)34-32-30-28-26-24-22-20-18-16-14-12-10-8-6-4-2/h5,7,11-14,17-20,37,40H,3-4,6,8-10,15-16,21-36H2,1-2H3/b7-5-,13-11-,14-12-,19-17-,20-18-/t37-/m0/s1. The van der Waals surface area contributed by atoms with Crippen LogP contribution in [0.1, 0.15) is 155 Å². The zero-order valence-corrected chi connectivity index (χ0v) is 28.4. The van der Waals surface area contributed by atoms with E-state index in [2.05, 4.69) is 74.6 Å². The van der Waals surface area contributed by atoms with E-state index in [0.29, 0.717) is 12.8 Å². The molecule has 5 heteroatoms. The van der Waals surface area contributed by atoms with Crippen LogP contribution in [-0.4, -0.2) is 36.4 Å². The Bertz CT molecular complexity index is 792. The first-order chi connectivity index (χ1) is 21.6. The molecule has 0 aromatic rings. The van der Waals surface area contributed by atoms with E-state index in [1.807, 2.05) is 0 Å². The highest BCUT2D eigenvalue weighted by Gasteiger charge is 2.16. The fraction of sp³-hybridized carbons (Fsp3) is 0.692. The molecule has 0 aromatic carbocycles. The number of aliphatic hydroxyl groups is 1. The lowest BCUT2D eigenvalue weighted by Crippen LogP contribution is -2.28. The molecule has 0 aliphatic heterocycles. The minimum atomic E-state index is -0.786. The van der Waals surface area contributed by atoms with Gasteiger partial charge in [0.1, 0.15) is 6.61 Å². The summed E-state index contributed by atoms with van der Waals surface area (Å²) < 4.78 is 10.6. The van der Waals surface area contributed by atoms with Gasteiger partial charge in [-0.2, -0.15) is 0 Å². The lowest BCUT2D eigenvalue weighted by Gasteiger charge is -2.15. The van der Waals surface area contributed by atoms with Gasteiger partial charge >= 0.3 is 11.9 Å². The van der Waals surface area contributed by atoms with Gasteiger partial charge in [-0.05, 0) is 77.0 Å². The quantitative estimate of drug-likeness (QED) is 0.0478. The van der Waals surface area contributed by atoms with E-state index in [1.165, 1.54) is 38.5 Å². The molecule has 0 unspecified atom stereocenters. The lowest BCUT2D eigenvalue weighted by molar-refractivity contribution is -0.161. The van der Waals surface area contributed by atoms with Gasteiger partial charge in [0.15, 0.2) is 6.10 Å². The third-order valence-electron chi connectivity index (χ3n) is 7.30. The molecule has 0 amide bonds. The molecule has 0 saturated carbocycles. The highest BCUT2D eigenvalue weighted by atomic mass is 16.6. The van der Waals surface area contributed by atoms with Gasteiger partial charge in [-0.1, -0.05) is 126 Å². The van der Waals surface area contributed by atoms with Crippen molar-refractivity contribution in [1.29, 1.82) is 0 Å². The summed E-state index contributed by atoms with van der Waals surface area (Å²) in [5.41, 5.74) is 0. The van der Waals surface area contributed by atoms with Gasteiger partial charge in [-0.3, -0.25) is 9.59 Å². The van der Waals surface area contributed by atoms with Crippen LogP contribution in [0.4, 0.5) is 0 Å². The summed E-state index contributed by atoms with van der Waals surface area (Å²) in [4.78, 5) is 24.2. The molecule has 0 bridgehead atoms. The van der Waals surface area contributed by atoms with Gasteiger partial charge in [0.05, 0.1) is 6.61 Å². The Balaban J connectivity index is 3.65. The van der Waals surface area contributed by atoms with E-state index in [1.54, 1.807) is 0 Å². The average Bonchev–Trinajstić information content (AvgIpc) is 3.02. The van der Waals surface area contributed by atoms with Crippen LogP contribution in [0.3, 0.4) is 0 Å². The number of allylic oxidation sites excluding steroid dienone is 10. The number of hydrogen-bond acceptors (Lipinski definition) is 5. The van der Waals surface area contributed by atoms with E-state index in [0.717, 1.165) is 89.9 Å². The fourth-order valence-electron chi connectivity index (χ4n) is 4.60. The van der Waals surface area contributed by atoms with Crippen molar-refractivity contribution in [3.8, 4) is 0 Å². The van der Waals surface area contributed by atoms with E-state index >= 15 is 0 Å². The van der Waals surface area contributed by atoms with Crippen LogP contribution in [0.25, 0.3) is 0 Å². The number of ether oxygens (including phenoxy) is 2. The SMILES string of the molecule is CC/C=C\C/C=C\C/C=C\CCCCCCCC(=O)OC[C@H](CO)OC(=O)CCCCCCC/C=C\C/C=C\CCCCC. The van der Waals surface area contributed by atoms with Crippen LogP contribution >= 0.6 is 0 Å². The molecule has 1 N–H and O–H groups in total. The van der Waals surface area contributed by atoms with Gasteiger partial charge in [0.2, 0.25) is 0 Å². The molecular formula is C39H66O5. The first-order valence-electron chi connectivity index (χ1n) is 17.8. The zero-order valence-electron chi connectivity index (χ0n) is 28.4. The van der Waals surface area contributed by atoms with Crippen LogP contribution in [0, 0.1) is 0 Å². The number of hydrogen-bond donors (Lipinski definition) is 1. The van der Waals surface area contributed by atoms with E-state index in [-0.39, 0.29) is 25.2 Å². The van der Waals surface area contributed by atoms with Crippen LogP contribution in [-0.2, 0) is 19.1 Å². The van der Waals surface area contributed by atoms with Crippen LogP contribution in [0.5, 0.6) is 0 Å². The summed E-state index contributed by atoms with van der Waals surface area (Å²) >= 11 is 0. The lowest BCUT2D eigenvalue weighted by atomic mass is 10.1. The minimum absolute atomic E-state index is 0.0831.